The Kier molecular flexibility index (Phi) is 5.41. The average Bonchev–Trinajstić information content (AvgIpc) is 2.99. The van der Waals surface area contributed by atoms with E-state index >= 15 is 0 Å². The highest BCUT2D eigenvalue weighted by Crippen LogP contribution is 2.44. The summed E-state index contributed by atoms with van der Waals surface area (Å²) in [6, 6.07) is 9.94. The van der Waals surface area contributed by atoms with Crippen molar-refractivity contribution in [2.75, 3.05) is 5.75 Å². The predicted octanol–water partition coefficient (Wildman–Crippen LogP) is 5.91. The molecule has 3 nitrogen and oxygen atoms in total. The van der Waals surface area contributed by atoms with Crippen LogP contribution in [0, 0.1) is 0 Å². The van der Waals surface area contributed by atoms with E-state index < -0.39 is 0 Å². The topological polar surface area (TPSA) is 34.9 Å². The second-order valence-electron chi connectivity index (χ2n) is 7.48. The number of nitrogens with zero attached hydrogens (tertiary/aromatic N) is 2. The third kappa shape index (κ3) is 3.71. The van der Waals surface area contributed by atoms with Gasteiger partial charge >= 0.3 is 0 Å². The summed E-state index contributed by atoms with van der Waals surface area (Å²) in [6.07, 6.45) is 3.20. The first-order valence-corrected chi connectivity index (χ1v) is 12.2. The Morgan fingerprint density at radius 2 is 2.04 bits per heavy atom. The Morgan fingerprint density at radius 1 is 1.26 bits per heavy atom. The molecule has 142 valence electrons. The highest BCUT2D eigenvalue weighted by molar-refractivity contribution is 8.00. The first kappa shape index (κ1) is 19.1. The summed E-state index contributed by atoms with van der Waals surface area (Å²) >= 11 is 5.38. The van der Waals surface area contributed by atoms with Crippen LogP contribution in [-0.4, -0.2) is 20.1 Å². The van der Waals surface area contributed by atoms with Crippen molar-refractivity contribution in [3.05, 3.63) is 51.1 Å². The third-order valence-corrected chi connectivity index (χ3v) is 8.51. The van der Waals surface area contributed by atoms with Crippen molar-refractivity contribution in [3.63, 3.8) is 0 Å². The van der Waals surface area contributed by atoms with Gasteiger partial charge < -0.3 is 0 Å². The van der Waals surface area contributed by atoms with E-state index in [1.807, 2.05) is 46.7 Å². The number of thioether (sulfide) groups is 2. The molecule has 0 amide bonds. The van der Waals surface area contributed by atoms with Crippen LogP contribution in [0.25, 0.3) is 15.9 Å². The molecule has 0 atom stereocenters. The largest absolute Gasteiger partial charge is 0.268 e. The van der Waals surface area contributed by atoms with Gasteiger partial charge in [-0.05, 0) is 30.5 Å². The molecular weight excluding hydrogens is 392 g/mol. The van der Waals surface area contributed by atoms with E-state index in [0.29, 0.717) is 0 Å². The molecular formula is C21H24N2OS3. The summed E-state index contributed by atoms with van der Waals surface area (Å²) in [7, 11) is 0. The maximum Gasteiger partial charge on any atom is 0.267 e. The smallest absolute Gasteiger partial charge is 0.267 e. The second kappa shape index (κ2) is 7.64. The number of hydrogen-bond donors (Lipinski definition) is 0. The zero-order chi connectivity index (χ0) is 19.0. The molecule has 0 bridgehead atoms. The van der Waals surface area contributed by atoms with E-state index in [4.69, 9.17) is 4.98 Å². The molecule has 0 radical (unpaired) electrons. The Labute approximate surface area is 172 Å². The van der Waals surface area contributed by atoms with Crippen LogP contribution < -0.4 is 5.56 Å². The minimum atomic E-state index is 0.0883. The van der Waals surface area contributed by atoms with Crippen LogP contribution in [0.15, 0.2) is 40.3 Å². The normalized spacial score (nSPS) is 15.8. The van der Waals surface area contributed by atoms with Gasteiger partial charge in [0.2, 0.25) is 0 Å². The van der Waals surface area contributed by atoms with E-state index in [9.17, 15) is 4.79 Å². The maximum absolute atomic E-state index is 13.6. The lowest BCUT2D eigenvalue weighted by atomic mass is 10.00. The number of unbranched alkanes of at least 4 members (excludes halogenated alkanes) is 1. The highest BCUT2D eigenvalue weighted by Gasteiger charge is 2.31. The molecule has 0 saturated heterocycles. The molecule has 4 rings (SSSR count). The average molecular weight is 417 g/mol. The van der Waals surface area contributed by atoms with Gasteiger partial charge in [-0.2, -0.15) is 0 Å². The number of para-hydroxylation sites is 1. The molecule has 6 heteroatoms. The minimum absolute atomic E-state index is 0.0883. The molecule has 0 aliphatic carbocycles. The van der Waals surface area contributed by atoms with E-state index in [1.54, 1.807) is 23.1 Å². The number of benzene rings is 1. The van der Waals surface area contributed by atoms with Gasteiger partial charge in [0.1, 0.15) is 4.83 Å². The van der Waals surface area contributed by atoms with Gasteiger partial charge in [-0.1, -0.05) is 57.2 Å². The van der Waals surface area contributed by atoms with Crippen LogP contribution in [0.1, 0.15) is 44.1 Å². The molecule has 3 aromatic rings. The quantitative estimate of drug-likeness (QED) is 0.294. The molecule has 3 heterocycles. The van der Waals surface area contributed by atoms with Gasteiger partial charge in [-0.15, -0.1) is 23.1 Å². The Morgan fingerprint density at radius 3 is 2.78 bits per heavy atom. The van der Waals surface area contributed by atoms with Crippen molar-refractivity contribution < 1.29 is 0 Å². The lowest BCUT2D eigenvalue weighted by Gasteiger charge is -2.28. The fourth-order valence-electron chi connectivity index (χ4n) is 3.38. The molecule has 1 aromatic carbocycles. The highest BCUT2D eigenvalue weighted by atomic mass is 32.2. The van der Waals surface area contributed by atoms with Crippen molar-refractivity contribution in [1.82, 2.24) is 9.55 Å². The Balaban J connectivity index is 1.93. The van der Waals surface area contributed by atoms with Crippen LogP contribution in [0.3, 0.4) is 0 Å². The number of thiophene rings is 1. The first-order valence-electron chi connectivity index (χ1n) is 9.39. The molecule has 1 aliphatic rings. The summed E-state index contributed by atoms with van der Waals surface area (Å²) < 4.78 is 1.99. The molecule has 0 unspecified atom stereocenters. The molecule has 1 aliphatic heterocycles. The fraction of sp³-hybridized carbons (Fsp3) is 0.429. The second-order valence-corrected chi connectivity index (χ2v) is 11.3. The lowest BCUT2D eigenvalue weighted by molar-refractivity contribution is 0.698. The third-order valence-electron chi connectivity index (χ3n) is 4.82. The van der Waals surface area contributed by atoms with Crippen molar-refractivity contribution in [2.45, 2.75) is 55.7 Å². The van der Waals surface area contributed by atoms with Crippen molar-refractivity contribution in [1.29, 1.82) is 0 Å². The Bertz CT molecular complexity index is 1020. The van der Waals surface area contributed by atoms with Crippen molar-refractivity contribution in [3.8, 4) is 5.69 Å². The number of fused-ring (bicyclic) bond motifs is 3. The fourth-order valence-corrected chi connectivity index (χ4v) is 6.86. The van der Waals surface area contributed by atoms with Gasteiger partial charge in [-0.25, -0.2) is 4.98 Å². The molecule has 0 N–H and O–H groups in total. The monoisotopic (exact) mass is 416 g/mol. The zero-order valence-corrected chi connectivity index (χ0v) is 18.4. The van der Waals surface area contributed by atoms with Crippen molar-refractivity contribution >= 4 is 45.1 Å². The lowest BCUT2D eigenvalue weighted by Crippen LogP contribution is -2.26. The van der Waals surface area contributed by atoms with Crippen molar-refractivity contribution in [2.24, 2.45) is 0 Å². The summed E-state index contributed by atoms with van der Waals surface area (Å²) in [5.41, 5.74) is 2.22. The van der Waals surface area contributed by atoms with Crippen LogP contribution >= 0.6 is 34.9 Å². The summed E-state index contributed by atoms with van der Waals surface area (Å²) in [4.78, 5) is 20.8. The molecule has 0 fully saturated rings. The number of hydrogen-bond acceptors (Lipinski definition) is 5. The predicted molar refractivity (Wildman–Crippen MR) is 120 cm³/mol. The zero-order valence-electron chi connectivity index (χ0n) is 15.9. The van der Waals surface area contributed by atoms with Gasteiger partial charge in [0.15, 0.2) is 5.16 Å². The molecule has 27 heavy (non-hydrogen) atoms. The molecule has 0 saturated carbocycles. The van der Waals surface area contributed by atoms with E-state index in [2.05, 4.69) is 20.8 Å². The van der Waals surface area contributed by atoms with Gasteiger partial charge in [-0.3, -0.25) is 9.36 Å². The van der Waals surface area contributed by atoms with Crippen LogP contribution in [-0.2, 0) is 12.2 Å². The van der Waals surface area contributed by atoms with Gasteiger partial charge in [0, 0.05) is 21.1 Å². The van der Waals surface area contributed by atoms with Crippen LogP contribution in [0.4, 0.5) is 0 Å². The van der Waals surface area contributed by atoms with Crippen LogP contribution in [0.2, 0.25) is 0 Å². The number of rotatable bonds is 5. The van der Waals surface area contributed by atoms with E-state index in [0.717, 1.165) is 51.8 Å². The summed E-state index contributed by atoms with van der Waals surface area (Å²) in [5.74, 6) is 1.96. The summed E-state index contributed by atoms with van der Waals surface area (Å²) in [6.45, 7) is 6.72. The maximum atomic E-state index is 13.6. The minimum Gasteiger partial charge on any atom is -0.268 e. The van der Waals surface area contributed by atoms with Gasteiger partial charge in [0.25, 0.3) is 5.56 Å². The number of aromatic nitrogens is 2. The SMILES string of the molecule is CCCCSc1nc2sc3c(c2c(=O)n1-c1ccccc1)CC(C)(C)SC3. The van der Waals surface area contributed by atoms with E-state index in [-0.39, 0.29) is 10.3 Å². The van der Waals surface area contributed by atoms with Crippen LogP contribution in [0.5, 0.6) is 0 Å². The molecule has 2 aromatic heterocycles. The van der Waals surface area contributed by atoms with E-state index in [1.165, 1.54) is 10.4 Å². The molecule has 0 spiro atoms. The first-order chi connectivity index (χ1) is 13.0. The summed E-state index contributed by atoms with van der Waals surface area (Å²) in [5, 5.41) is 1.66. The standard InChI is InChI=1S/C21H24N2OS3/c1-4-5-11-25-20-22-18-17(15-12-21(2,3)26-13-16(15)27-18)19(24)23(20)14-9-7-6-8-10-14/h6-10H,4-5,11-13H2,1-3H3. The Hall–Kier alpha value is -1.24. The van der Waals surface area contributed by atoms with Gasteiger partial charge in [0.05, 0.1) is 11.1 Å².